The van der Waals surface area contributed by atoms with Crippen LogP contribution in [0, 0.1) is 0 Å². The van der Waals surface area contributed by atoms with Gasteiger partial charge in [0.25, 0.3) is 0 Å². The molecule has 2 aromatic rings. The van der Waals surface area contributed by atoms with Crippen molar-refractivity contribution in [1.29, 1.82) is 0 Å². The molecule has 1 aromatic carbocycles. The fourth-order valence-electron chi connectivity index (χ4n) is 3.40. The Hall–Kier alpha value is -2.94. The average Bonchev–Trinajstić information content (AvgIpc) is 2.71. The Kier molecular flexibility index (Phi) is 6.48. The van der Waals surface area contributed by atoms with Gasteiger partial charge in [-0.15, -0.1) is 0 Å². The lowest BCUT2D eigenvalue weighted by Crippen LogP contribution is -2.37. The highest BCUT2D eigenvalue weighted by atomic mass is 19.4. The Morgan fingerprint density at radius 3 is 2.66 bits per heavy atom. The Bertz CT molecular complexity index is 890. The van der Waals surface area contributed by atoms with Crippen LogP contribution in [0.1, 0.15) is 29.9 Å². The normalized spacial score (nSPS) is 17.1. The number of rotatable bonds is 5. The molecule has 1 aliphatic rings. The van der Waals surface area contributed by atoms with Crippen molar-refractivity contribution in [3.05, 3.63) is 53.7 Å². The molecule has 154 valence electrons. The molecule has 0 bridgehead atoms. The van der Waals surface area contributed by atoms with Crippen molar-refractivity contribution >= 4 is 17.7 Å². The number of hydrazone groups is 1. The predicted octanol–water partition coefficient (Wildman–Crippen LogP) is 3.70. The number of piperidine rings is 1. The standard InChI is InChI=1S/C20H22F3N5O/c21-20(22,23)18-5-2-8-25-19(18)26-12-16(27-24)13-28-9-6-14(7-10-28)15-3-1-4-17(29)11-15/h1-5,8,11-12,14,29H,6-7,9-10,13,24H2. The van der Waals surface area contributed by atoms with E-state index in [1.54, 1.807) is 12.1 Å². The molecule has 0 spiro atoms. The highest BCUT2D eigenvalue weighted by molar-refractivity contribution is 6.31. The summed E-state index contributed by atoms with van der Waals surface area (Å²) >= 11 is 0. The maximum absolute atomic E-state index is 13.0. The van der Waals surface area contributed by atoms with E-state index >= 15 is 0 Å². The number of pyridine rings is 1. The lowest BCUT2D eigenvalue weighted by Gasteiger charge is -2.32. The van der Waals surface area contributed by atoms with E-state index in [4.69, 9.17) is 5.84 Å². The number of phenols is 1. The summed E-state index contributed by atoms with van der Waals surface area (Å²) in [4.78, 5) is 9.69. The third-order valence-corrected chi connectivity index (χ3v) is 4.91. The topological polar surface area (TPSA) is 87.1 Å². The van der Waals surface area contributed by atoms with Gasteiger partial charge in [-0.2, -0.15) is 18.3 Å². The summed E-state index contributed by atoms with van der Waals surface area (Å²) in [6.45, 7) is 1.95. The second-order valence-corrected chi connectivity index (χ2v) is 6.90. The highest BCUT2D eigenvalue weighted by Crippen LogP contribution is 2.34. The second-order valence-electron chi connectivity index (χ2n) is 6.90. The summed E-state index contributed by atoms with van der Waals surface area (Å²) in [7, 11) is 0. The fourth-order valence-corrected chi connectivity index (χ4v) is 3.40. The molecular formula is C20H22F3N5O. The molecule has 0 aliphatic carbocycles. The van der Waals surface area contributed by atoms with Crippen LogP contribution in [-0.2, 0) is 6.18 Å². The Morgan fingerprint density at radius 1 is 1.24 bits per heavy atom. The molecule has 1 saturated heterocycles. The predicted molar refractivity (Wildman–Crippen MR) is 106 cm³/mol. The summed E-state index contributed by atoms with van der Waals surface area (Å²) in [5.74, 6) is 5.61. The molecule has 0 radical (unpaired) electrons. The van der Waals surface area contributed by atoms with Gasteiger partial charge in [-0.1, -0.05) is 12.1 Å². The van der Waals surface area contributed by atoms with Crippen molar-refractivity contribution in [3.63, 3.8) is 0 Å². The van der Waals surface area contributed by atoms with Crippen molar-refractivity contribution in [3.8, 4) is 5.75 Å². The van der Waals surface area contributed by atoms with E-state index in [1.165, 1.54) is 18.5 Å². The number of likely N-dealkylation sites (tertiary alicyclic amines) is 1. The van der Waals surface area contributed by atoms with Gasteiger partial charge in [-0.05, 0) is 61.7 Å². The smallest absolute Gasteiger partial charge is 0.420 e. The first-order chi connectivity index (χ1) is 13.9. The van der Waals surface area contributed by atoms with Gasteiger partial charge in [-0.3, -0.25) is 4.90 Å². The number of aliphatic imine (C=N–C) groups is 1. The molecule has 0 saturated carbocycles. The van der Waals surface area contributed by atoms with E-state index in [0.717, 1.165) is 37.6 Å². The molecule has 0 atom stereocenters. The molecule has 3 N–H and O–H groups in total. The SMILES string of the molecule is NN=C(C=Nc1ncccc1C(F)(F)F)CN1CCC(c2cccc(O)c2)CC1. The van der Waals surface area contributed by atoms with Crippen LogP contribution < -0.4 is 5.84 Å². The summed E-state index contributed by atoms with van der Waals surface area (Å²) < 4.78 is 39.1. The van der Waals surface area contributed by atoms with Gasteiger partial charge in [0.05, 0.1) is 11.9 Å². The zero-order valence-electron chi connectivity index (χ0n) is 15.7. The van der Waals surface area contributed by atoms with E-state index in [0.29, 0.717) is 18.2 Å². The number of hydrogen-bond acceptors (Lipinski definition) is 6. The van der Waals surface area contributed by atoms with Crippen LogP contribution in [0.3, 0.4) is 0 Å². The first-order valence-corrected chi connectivity index (χ1v) is 9.21. The Balaban J connectivity index is 1.60. The Morgan fingerprint density at radius 2 is 2.00 bits per heavy atom. The number of nitrogens with two attached hydrogens (primary N) is 1. The second kappa shape index (κ2) is 9.04. The molecule has 6 nitrogen and oxygen atoms in total. The summed E-state index contributed by atoms with van der Waals surface area (Å²) in [6, 6.07) is 9.42. The summed E-state index contributed by atoms with van der Waals surface area (Å²) in [5.41, 5.74) is 0.577. The zero-order chi connectivity index (χ0) is 20.9. The van der Waals surface area contributed by atoms with E-state index in [9.17, 15) is 18.3 Å². The molecule has 2 heterocycles. The van der Waals surface area contributed by atoms with Crippen molar-refractivity contribution in [2.45, 2.75) is 24.9 Å². The molecule has 0 unspecified atom stereocenters. The molecule has 9 heteroatoms. The van der Waals surface area contributed by atoms with Gasteiger partial charge in [0.1, 0.15) is 11.3 Å². The molecule has 29 heavy (non-hydrogen) atoms. The van der Waals surface area contributed by atoms with E-state index in [1.807, 2.05) is 12.1 Å². The maximum Gasteiger partial charge on any atom is 0.420 e. The third kappa shape index (κ3) is 5.54. The number of nitrogens with zero attached hydrogens (tertiary/aromatic N) is 4. The number of aromatic hydroxyl groups is 1. The van der Waals surface area contributed by atoms with Crippen molar-refractivity contribution in [2.24, 2.45) is 15.9 Å². The number of alkyl halides is 3. The minimum atomic E-state index is -4.53. The number of aromatic nitrogens is 1. The van der Waals surface area contributed by atoms with Gasteiger partial charge in [0.2, 0.25) is 0 Å². The molecular weight excluding hydrogens is 383 g/mol. The first-order valence-electron chi connectivity index (χ1n) is 9.21. The van der Waals surface area contributed by atoms with Crippen molar-refractivity contribution in [2.75, 3.05) is 19.6 Å². The molecule has 0 amide bonds. The van der Waals surface area contributed by atoms with Crippen molar-refractivity contribution in [1.82, 2.24) is 9.88 Å². The number of halogens is 3. The fraction of sp³-hybridized carbons (Fsp3) is 0.350. The van der Waals surface area contributed by atoms with Gasteiger partial charge >= 0.3 is 6.18 Å². The first kappa shape index (κ1) is 20.8. The third-order valence-electron chi connectivity index (χ3n) is 4.91. The van der Waals surface area contributed by atoms with Crippen molar-refractivity contribution < 1.29 is 18.3 Å². The van der Waals surface area contributed by atoms with Crippen LogP contribution >= 0.6 is 0 Å². The van der Waals surface area contributed by atoms with Crippen LogP contribution in [0.5, 0.6) is 5.75 Å². The molecule has 1 aromatic heterocycles. The van der Waals surface area contributed by atoms with Crippen LogP contribution in [-0.4, -0.2) is 46.6 Å². The van der Waals surface area contributed by atoms with Gasteiger partial charge in [0, 0.05) is 12.7 Å². The molecule has 1 aliphatic heterocycles. The monoisotopic (exact) mass is 405 g/mol. The summed E-state index contributed by atoms with van der Waals surface area (Å²) in [6.07, 6.45) is -0.241. The average molecular weight is 405 g/mol. The Labute approximate surface area is 166 Å². The lowest BCUT2D eigenvalue weighted by molar-refractivity contribution is -0.137. The van der Waals surface area contributed by atoms with Crippen LogP contribution in [0.2, 0.25) is 0 Å². The van der Waals surface area contributed by atoms with E-state index in [-0.39, 0.29) is 5.75 Å². The number of hydrogen-bond donors (Lipinski definition) is 2. The zero-order valence-corrected chi connectivity index (χ0v) is 15.7. The summed E-state index contributed by atoms with van der Waals surface area (Å²) in [5, 5.41) is 13.3. The van der Waals surface area contributed by atoms with Gasteiger partial charge in [-0.25, -0.2) is 9.98 Å². The lowest BCUT2D eigenvalue weighted by atomic mass is 9.89. The minimum Gasteiger partial charge on any atom is -0.508 e. The van der Waals surface area contributed by atoms with Gasteiger partial charge in [0.15, 0.2) is 5.82 Å². The van der Waals surface area contributed by atoms with E-state index in [2.05, 4.69) is 20.0 Å². The maximum atomic E-state index is 13.0. The molecule has 1 fully saturated rings. The van der Waals surface area contributed by atoms with Crippen LogP contribution in [0.15, 0.2) is 52.7 Å². The van der Waals surface area contributed by atoms with E-state index < -0.39 is 17.6 Å². The molecule has 3 rings (SSSR count). The highest BCUT2D eigenvalue weighted by Gasteiger charge is 2.34. The van der Waals surface area contributed by atoms with Gasteiger partial charge < -0.3 is 10.9 Å². The number of benzene rings is 1. The van der Waals surface area contributed by atoms with Crippen LogP contribution in [0.4, 0.5) is 19.0 Å². The quantitative estimate of drug-likeness (QED) is 0.451. The minimum absolute atomic E-state index is 0.256. The number of phenolic OH excluding ortho intramolecular Hbond substituents is 1. The largest absolute Gasteiger partial charge is 0.508 e. The van der Waals surface area contributed by atoms with Crippen LogP contribution in [0.25, 0.3) is 0 Å².